The molecular formula is C26H23Cl2N7O. The molecule has 0 aliphatic carbocycles. The molecule has 0 unspecified atom stereocenters. The Bertz CT molecular complexity index is 1700. The Hall–Kier alpha value is -3.46. The first-order valence-corrected chi connectivity index (χ1v) is 12.3. The fraction of sp³-hybridized carbons (Fsp3) is 0.231. The minimum atomic E-state index is -0.357. The summed E-state index contributed by atoms with van der Waals surface area (Å²) in [5, 5.41) is 4.30. The van der Waals surface area contributed by atoms with Crippen molar-refractivity contribution in [3.63, 3.8) is 0 Å². The average Bonchev–Trinajstić information content (AvgIpc) is 3.30. The Morgan fingerprint density at radius 1 is 1.08 bits per heavy atom. The standard InChI is InChI=1S/C26H23Cl2N7O/c1-26(2)14-33(3)13-15-11-16(7-8-18(15)26)31-24-30-12-17-22(32-24)34-10-9-29-25(34)35(23(17)36)21-19(27)5-4-6-20(21)28/h4-12H,13-14H2,1-3H3,(H,30,31,32). The molecule has 6 rings (SSSR count). The highest BCUT2D eigenvalue weighted by atomic mass is 35.5. The number of para-hydroxylation sites is 1. The van der Waals surface area contributed by atoms with Gasteiger partial charge in [0.05, 0.1) is 15.7 Å². The maximum atomic E-state index is 13.6. The van der Waals surface area contributed by atoms with E-state index in [4.69, 9.17) is 23.2 Å². The first kappa shape index (κ1) is 23.0. The Labute approximate surface area is 217 Å². The van der Waals surface area contributed by atoms with Crippen molar-refractivity contribution in [2.75, 3.05) is 18.9 Å². The number of aromatic nitrogens is 5. The highest BCUT2D eigenvalue weighted by Crippen LogP contribution is 2.34. The fourth-order valence-electron chi connectivity index (χ4n) is 5.21. The zero-order valence-electron chi connectivity index (χ0n) is 20.0. The number of halogens is 2. The molecule has 36 heavy (non-hydrogen) atoms. The summed E-state index contributed by atoms with van der Waals surface area (Å²) in [6.07, 6.45) is 4.86. The number of fused-ring (bicyclic) bond motifs is 4. The van der Waals surface area contributed by atoms with Gasteiger partial charge in [0.15, 0.2) is 5.65 Å². The van der Waals surface area contributed by atoms with Gasteiger partial charge in [-0.2, -0.15) is 4.98 Å². The minimum absolute atomic E-state index is 0.0811. The lowest BCUT2D eigenvalue weighted by molar-refractivity contribution is 0.236. The molecule has 0 spiro atoms. The fourth-order valence-corrected chi connectivity index (χ4v) is 5.77. The molecule has 8 nitrogen and oxygen atoms in total. The molecule has 0 atom stereocenters. The van der Waals surface area contributed by atoms with Gasteiger partial charge in [-0.3, -0.25) is 9.20 Å². The summed E-state index contributed by atoms with van der Waals surface area (Å²) in [5.41, 5.74) is 4.04. The van der Waals surface area contributed by atoms with Crippen LogP contribution in [-0.2, 0) is 12.0 Å². The van der Waals surface area contributed by atoms with Gasteiger partial charge in [0.1, 0.15) is 5.39 Å². The molecule has 0 saturated carbocycles. The van der Waals surface area contributed by atoms with Gasteiger partial charge in [0.25, 0.3) is 5.56 Å². The molecule has 5 aromatic rings. The van der Waals surface area contributed by atoms with Crippen LogP contribution in [0.15, 0.2) is 59.8 Å². The molecule has 1 aliphatic heterocycles. The average molecular weight is 520 g/mol. The van der Waals surface area contributed by atoms with Crippen LogP contribution in [-0.4, -0.2) is 42.4 Å². The Morgan fingerprint density at radius 3 is 2.64 bits per heavy atom. The van der Waals surface area contributed by atoms with E-state index in [9.17, 15) is 4.79 Å². The van der Waals surface area contributed by atoms with E-state index in [0.717, 1.165) is 18.8 Å². The second-order valence-corrected chi connectivity index (χ2v) is 10.6. The zero-order chi connectivity index (χ0) is 25.2. The van der Waals surface area contributed by atoms with Crippen LogP contribution < -0.4 is 10.9 Å². The number of hydrogen-bond acceptors (Lipinski definition) is 6. The minimum Gasteiger partial charge on any atom is -0.324 e. The number of nitrogens with one attached hydrogen (secondary N) is 1. The zero-order valence-corrected chi connectivity index (χ0v) is 21.5. The van der Waals surface area contributed by atoms with Crippen LogP contribution in [0.5, 0.6) is 0 Å². The van der Waals surface area contributed by atoms with Gasteiger partial charge in [-0.15, -0.1) is 0 Å². The molecule has 0 fully saturated rings. The van der Waals surface area contributed by atoms with E-state index < -0.39 is 0 Å². The van der Waals surface area contributed by atoms with Crippen molar-refractivity contribution in [1.29, 1.82) is 0 Å². The van der Waals surface area contributed by atoms with Gasteiger partial charge < -0.3 is 10.2 Å². The predicted octanol–water partition coefficient (Wildman–Crippen LogP) is 5.20. The van der Waals surface area contributed by atoms with Crippen LogP contribution in [0.2, 0.25) is 10.0 Å². The molecule has 10 heteroatoms. The highest BCUT2D eigenvalue weighted by Gasteiger charge is 2.30. The SMILES string of the molecule is CN1Cc2cc(Nc3ncc4c(=O)n(-c5c(Cl)cccc5Cl)c5nccn5c4n3)ccc2C(C)(C)C1. The van der Waals surface area contributed by atoms with Gasteiger partial charge >= 0.3 is 0 Å². The molecular weight excluding hydrogens is 497 g/mol. The monoisotopic (exact) mass is 519 g/mol. The molecule has 4 heterocycles. The number of anilines is 2. The van der Waals surface area contributed by atoms with Crippen molar-refractivity contribution >= 4 is 51.6 Å². The van der Waals surface area contributed by atoms with Crippen molar-refractivity contribution in [3.8, 4) is 5.69 Å². The van der Waals surface area contributed by atoms with E-state index in [0.29, 0.717) is 38.5 Å². The van der Waals surface area contributed by atoms with Gasteiger partial charge in [0.2, 0.25) is 11.7 Å². The Kier molecular flexibility index (Phi) is 5.29. The second-order valence-electron chi connectivity index (χ2n) is 9.79. The van der Waals surface area contributed by atoms with Crippen LogP contribution in [0.3, 0.4) is 0 Å². The maximum absolute atomic E-state index is 13.6. The van der Waals surface area contributed by atoms with Crippen LogP contribution in [0.4, 0.5) is 11.6 Å². The topological polar surface area (TPSA) is 80.4 Å². The number of hydrogen-bond donors (Lipinski definition) is 1. The van der Waals surface area contributed by atoms with E-state index in [1.807, 2.05) is 6.07 Å². The molecule has 0 amide bonds. The van der Waals surface area contributed by atoms with Gasteiger partial charge in [-0.25, -0.2) is 14.5 Å². The van der Waals surface area contributed by atoms with Crippen molar-refractivity contribution < 1.29 is 0 Å². The number of nitrogens with zero attached hydrogens (tertiary/aromatic N) is 6. The molecule has 182 valence electrons. The van der Waals surface area contributed by atoms with Crippen molar-refractivity contribution in [2.45, 2.75) is 25.8 Å². The molecule has 2 aromatic carbocycles. The number of imidazole rings is 1. The number of rotatable bonds is 3. The summed E-state index contributed by atoms with van der Waals surface area (Å²) in [5.74, 6) is 0.736. The Morgan fingerprint density at radius 2 is 1.86 bits per heavy atom. The van der Waals surface area contributed by atoms with E-state index in [1.165, 1.54) is 21.9 Å². The normalized spacial score (nSPS) is 15.4. The van der Waals surface area contributed by atoms with E-state index in [-0.39, 0.29) is 11.0 Å². The number of likely N-dealkylation sites (N-methyl/N-ethyl adjacent to an activating group) is 1. The smallest absolute Gasteiger partial charge is 0.270 e. The van der Waals surface area contributed by atoms with E-state index >= 15 is 0 Å². The van der Waals surface area contributed by atoms with Crippen LogP contribution in [0.25, 0.3) is 22.5 Å². The van der Waals surface area contributed by atoms with Gasteiger partial charge in [-0.05, 0) is 42.4 Å². The molecule has 1 aliphatic rings. The first-order chi connectivity index (χ1) is 17.2. The van der Waals surface area contributed by atoms with E-state index in [1.54, 1.807) is 35.0 Å². The van der Waals surface area contributed by atoms with Crippen molar-refractivity contribution in [2.24, 2.45) is 0 Å². The Balaban J connectivity index is 1.46. The summed E-state index contributed by atoms with van der Waals surface area (Å²) in [6, 6.07) is 11.4. The lowest BCUT2D eigenvalue weighted by Gasteiger charge is -2.38. The highest BCUT2D eigenvalue weighted by molar-refractivity contribution is 6.37. The van der Waals surface area contributed by atoms with Crippen LogP contribution in [0.1, 0.15) is 25.0 Å². The molecule has 0 radical (unpaired) electrons. The first-order valence-electron chi connectivity index (χ1n) is 11.5. The lowest BCUT2D eigenvalue weighted by Crippen LogP contribution is -2.39. The summed E-state index contributed by atoms with van der Waals surface area (Å²) in [4.78, 5) is 29.4. The molecule has 0 saturated heterocycles. The third kappa shape index (κ3) is 3.64. The third-order valence-corrected chi connectivity index (χ3v) is 7.22. The predicted molar refractivity (Wildman–Crippen MR) is 143 cm³/mol. The maximum Gasteiger partial charge on any atom is 0.270 e. The largest absolute Gasteiger partial charge is 0.324 e. The summed E-state index contributed by atoms with van der Waals surface area (Å²) >= 11 is 12.8. The summed E-state index contributed by atoms with van der Waals surface area (Å²) in [6.45, 7) is 6.42. The van der Waals surface area contributed by atoms with Crippen molar-refractivity contribution in [3.05, 3.63) is 86.5 Å². The van der Waals surface area contributed by atoms with Crippen molar-refractivity contribution in [1.82, 2.24) is 28.8 Å². The summed E-state index contributed by atoms with van der Waals surface area (Å²) < 4.78 is 3.12. The third-order valence-electron chi connectivity index (χ3n) is 6.61. The van der Waals surface area contributed by atoms with Gasteiger partial charge in [0, 0.05) is 42.8 Å². The number of benzene rings is 2. The van der Waals surface area contributed by atoms with Gasteiger partial charge in [-0.1, -0.05) is 49.2 Å². The molecule has 1 N–H and O–H groups in total. The summed E-state index contributed by atoms with van der Waals surface area (Å²) in [7, 11) is 2.14. The second kappa shape index (κ2) is 8.30. The lowest BCUT2D eigenvalue weighted by atomic mass is 9.78. The molecule has 0 bridgehead atoms. The van der Waals surface area contributed by atoms with E-state index in [2.05, 4.69) is 58.2 Å². The molecule has 3 aromatic heterocycles. The van der Waals surface area contributed by atoms with Crippen LogP contribution >= 0.6 is 23.2 Å². The van der Waals surface area contributed by atoms with Crippen LogP contribution in [0, 0.1) is 0 Å². The quantitative estimate of drug-likeness (QED) is 0.352.